The van der Waals surface area contributed by atoms with E-state index in [0.717, 1.165) is 41.3 Å². The Kier molecular flexibility index (Phi) is 5.91. The van der Waals surface area contributed by atoms with Gasteiger partial charge in [0.2, 0.25) is 0 Å². The van der Waals surface area contributed by atoms with Crippen LogP contribution in [0.3, 0.4) is 0 Å². The zero-order valence-corrected chi connectivity index (χ0v) is 14.8. The molecule has 0 spiro atoms. The molecule has 0 bridgehead atoms. The summed E-state index contributed by atoms with van der Waals surface area (Å²) in [5.74, 6) is 0. The van der Waals surface area contributed by atoms with Crippen molar-refractivity contribution in [3.8, 4) is 0 Å². The van der Waals surface area contributed by atoms with Crippen LogP contribution in [0.15, 0.2) is 36.4 Å². The van der Waals surface area contributed by atoms with Crippen molar-refractivity contribution in [3.05, 3.63) is 47.5 Å². The predicted molar refractivity (Wildman–Crippen MR) is 103 cm³/mol. The van der Waals surface area contributed by atoms with Gasteiger partial charge in [-0.15, -0.1) is 0 Å². The van der Waals surface area contributed by atoms with Crippen LogP contribution in [-0.4, -0.2) is 13.1 Å². The Morgan fingerprint density at radius 1 is 0.913 bits per heavy atom. The van der Waals surface area contributed by atoms with Crippen molar-refractivity contribution in [2.24, 2.45) is 0 Å². The summed E-state index contributed by atoms with van der Waals surface area (Å²) in [6.45, 7) is 10.8. The first-order valence-corrected chi connectivity index (χ1v) is 8.54. The summed E-state index contributed by atoms with van der Waals surface area (Å²) >= 11 is 0. The molecule has 0 heterocycles. The second-order valence-corrected chi connectivity index (χ2v) is 6.18. The maximum absolute atomic E-state index is 5.96. The first-order valence-electron chi connectivity index (χ1n) is 8.54. The Hall–Kier alpha value is -2.16. The van der Waals surface area contributed by atoms with E-state index in [9.17, 15) is 0 Å². The lowest BCUT2D eigenvalue weighted by Gasteiger charge is -2.24. The molecule has 0 saturated carbocycles. The Labute approximate surface area is 140 Å². The second-order valence-electron chi connectivity index (χ2n) is 6.18. The van der Waals surface area contributed by atoms with Crippen LogP contribution in [0.2, 0.25) is 0 Å². The van der Waals surface area contributed by atoms with Crippen LogP contribution in [0.25, 0.3) is 0 Å². The van der Waals surface area contributed by atoms with Gasteiger partial charge in [0, 0.05) is 35.8 Å². The Morgan fingerprint density at radius 3 is 2.09 bits per heavy atom. The third-order valence-corrected chi connectivity index (χ3v) is 4.11. The molecule has 124 valence electrons. The summed E-state index contributed by atoms with van der Waals surface area (Å²) in [5, 5.41) is 3.50. The van der Waals surface area contributed by atoms with E-state index in [2.05, 4.69) is 61.3 Å². The highest BCUT2D eigenvalue weighted by atomic mass is 15.1. The highest BCUT2D eigenvalue weighted by Gasteiger charge is 2.06. The molecule has 0 fully saturated rings. The van der Waals surface area contributed by atoms with Gasteiger partial charge in [-0.05, 0) is 74.2 Å². The number of rotatable bonds is 7. The van der Waals surface area contributed by atoms with Crippen LogP contribution in [0.4, 0.5) is 22.7 Å². The van der Waals surface area contributed by atoms with Gasteiger partial charge in [-0.2, -0.15) is 0 Å². The summed E-state index contributed by atoms with van der Waals surface area (Å²) in [4.78, 5) is 2.45. The first kappa shape index (κ1) is 17.2. The number of nitrogens with one attached hydrogen (secondary N) is 1. The zero-order chi connectivity index (χ0) is 16.8. The molecule has 0 radical (unpaired) electrons. The summed E-state index contributed by atoms with van der Waals surface area (Å²) in [7, 11) is 0. The molecule has 0 aliphatic carbocycles. The molecule has 23 heavy (non-hydrogen) atoms. The van der Waals surface area contributed by atoms with Crippen LogP contribution < -0.4 is 16.0 Å². The Balaban J connectivity index is 2.15. The number of aryl methyl sites for hydroxylation is 2. The van der Waals surface area contributed by atoms with Crippen molar-refractivity contribution in [1.29, 1.82) is 0 Å². The van der Waals surface area contributed by atoms with E-state index in [1.807, 2.05) is 13.0 Å². The van der Waals surface area contributed by atoms with Gasteiger partial charge in [0.25, 0.3) is 0 Å². The summed E-state index contributed by atoms with van der Waals surface area (Å²) in [5.41, 5.74) is 12.6. The molecule has 2 rings (SSSR count). The van der Waals surface area contributed by atoms with E-state index < -0.39 is 0 Å². The summed E-state index contributed by atoms with van der Waals surface area (Å²) < 4.78 is 0. The highest BCUT2D eigenvalue weighted by Crippen LogP contribution is 2.26. The number of anilines is 4. The van der Waals surface area contributed by atoms with Crippen molar-refractivity contribution in [3.63, 3.8) is 0 Å². The van der Waals surface area contributed by atoms with Gasteiger partial charge in [0.15, 0.2) is 0 Å². The molecular formula is C20H29N3. The zero-order valence-electron chi connectivity index (χ0n) is 14.8. The fraction of sp³-hybridized carbons (Fsp3) is 0.400. The lowest BCUT2D eigenvalue weighted by atomic mass is 10.1. The van der Waals surface area contributed by atoms with Crippen LogP contribution in [0.5, 0.6) is 0 Å². The monoisotopic (exact) mass is 311 g/mol. The normalized spacial score (nSPS) is 10.6. The number of nitrogens with two attached hydrogens (primary N) is 1. The third-order valence-electron chi connectivity index (χ3n) is 4.11. The minimum Gasteiger partial charge on any atom is -0.399 e. The van der Waals surface area contributed by atoms with Crippen LogP contribution in [-0.2, 0) is 0 Å². The molecule has 0 aliphatic heterocycles. The average Bonchev–Trinajstić information content (AvgIpc) is 2.53. The van der Waals surface area contributed by atoms with Gasteiger partial charge in [-0.25, -0.2) is 0 Å². The van der Waals surface area contributed by atoms with Gasteiger partial charge in [0.1, 0.15) is 0 Å². The van der Waals surface area contributed by atoms with Crippen molar-refractivity contribution >= 4 is 22.7 Å². The van der Waals surface area contributed by atoms with Crippen molar-refractivity contribution in [2.75, 3.05) is 29.0 Å². The molecule has 0 aromatic heterocycles. The fourth-order valence-electron chi connectivity index (χ4n) is 2.79. The molecule has 0 aliphatic rings. The largest absolute Gasteiger partial charge is 0.399 e. The van der Waals surface area contributed by atoms with E-state index in [0.29, 0.717) is 0 Å². The lowest BCUT2D eigenvalue weighted by Crippen LogP contribution is -2.24. The van der Waals surface area contributed by atoms with Gasteiger partial charge in [0.05, 0.1) is 0 Å². The highest BCUT2D eigenvalue weighted by molar-refractivity contribution is 5.69. The van der Waals surface area contributed by atoms with Crippen molar-refractivity contribution in [1.82, 2.24) is 0 Å². The molecule has 0 atom stereocenters. The fourth-order valence-corrected chi connectivity index (χ4v) is 2.79. The molecule has 0 amide bonds. The van der Waals surface area contributed by atoms with Gasteiger partial charge >= 0.3 is 0 Å². The van der Waals surface area contributed by atoms with Gasteiger partial charge < -0.3 is 16.0 Å². The standard InChI is InChI=1S/C20H29N3/c1-5-11-23(12-6-2)18-9-7-17(8-10-18)22-20-14-15(3)19(21)13-16(20)4/h7-10,13-14,22H,5-6,11-12,21H2,1-4H3. The molecular weight excluding hydrogens is 282 g/mol. The SMILES string of the molecule is CCCN(CCC)c1ccc(Nc2cc(C)c(N)cc2C)cc1. The number of hydrogen-bond donors (Lipinski definition) is 2. The number of hydrogen-bond acceptors (Lipinski definition) is 3. The molecule has 2 aromatic rings. The molecule has 0 unspecified atom stereocenters. The summed E-state index contributed by atoms with van der Waals surface area (Å²) in [6.07, 6.45) is 2.34. The van der Waals surface area contributed by atoms with E-state index >= 15 is 0 Å². The minimum absolute atomic E-state index is 0.846. The van der Waals surface area contributed by atoms with E-state index in [1.165, 1.54) is 18.5 Å². The molecule has 0 saturated heterocycles. The van der Waals surface area contributed by atoms with Crippen molar-refractivity contribution < 1.29 is 0 Å². The quantitative estimate of drug-likeness (QED) is 0.686. The number of nitrogens with zero attached hydrogens (tertiary/aromatic N) is 1. The molecule has 3 nitrogen and oxygen atoms in total. The molecule has 3 N–H and O–H groups in total. The maximum atomic E-state index is 5.96. The predicted octanol–water partition coefficient (Wildman–Crippen LogP) is 5.26. The third kappa shape index (κ3) is 4.41. The van der Waals surface area contributed by atoms with Gasteiger partial charge in [-0.1, -0.05) is 13.8 Å². The van der Waals surface area contributed by atoms with Crippen LogP contribution >= 0.6 is 0 Å². The number of nitrogen functional groups attached to an aromatic ring is 1. The maximum Gasteiger partial charge on any atom is 0.0418 e. The topological polar surface area (TPSA) is 41.3 Å². The summed E-state index contributed by atoms with van der Waals surface area (Å²) in [6, 6.07) is 12.8. The van der Waals surface area contributed by atoms with E-state index in [1.54, 1.807) is 0 Å². The first-order chi connectivity index (χ1) is 11.0. The van der Waals surface area contributed by atoms with Crippen molar-refractivity contribution in [2.45, 2.75) is 40.5 Å². The van der Waals surface area contributed by atoms with Crippen LogP contribution in [0, 0.1) is 13.8 Å². The Bertz CT molecular complexity index is 626. The van der Waals surface area contributed by atoms with Crippen LogP contribution in [0.1, 0.15) is 37.8 Å². The molecule has 3 heteroatoms. The number of benzene rings is 2. The minimum atomic E-state index is 0.846. The van der Waals surface area contributed by atoms with E-state index in [-0.39, 0.29) is 0 Å². The average molecular weight is 311 g/mol. The lowest BCUT2D eigenvalue weighted by molar-refractivity contribution is 0.745. The smallest absolute Gasteiger partial charge is 0.0418 e. The van der Waals surface area contributed by atoms with Gasteiger partial charge in [-0.3, -0.25) is 0 Å². The van der Waals surface area contributed by atoms with E-state index in [4.69, 9.17) is 5.73 Å². The second kappa shape index (κ2) is 7.91. The Morgan fingerprint density at radius 2 is 1.52 bits per heavy atom. The molecule has 2 aromatic carbocycles.